The summed E-state index contributed by atoms with van der Waals surface area (Å²) in [7, 11) is 0. The maximum absolute atomic E-state index is 14.2. The molecule has 2 aromatic carbocycles. The number of rotatable bonds is 2. The second-order valence-corrected chi connectivity index (χ2v) is 4.10. The molecule has 0 saturated carbocycles. The highest BCUT2D eigenvalue weighted by Gasteiger charge is 2.10. The molecule has 0 bridgehead atoms. The maximum Gasteiger partial charge on any atom is 0.152 e. The van der Waals surface area contributed by atoms with Crippen molar-refractivity contribution in [1.29, 1.82) is 0 Å². The highest BCUT2D eigenvalue weighted by atomic mass is 19.1. The van der Waals surface area contributed by atoms with Crippen molar-refractivity contribution >= 4 is 16.7 Å². The smallest absolute Gasteiger partial charge is 0.152 e. The van der Waals surface area contributed by atoms with Gasteiger partial charge < -0.3 is 10.5 Å². The van der Waals surface area contributed by atoms with Crippen molar-refractivity contribution in [3.05, 3.63) is 41.7 Å². The maximum atomic E-state index is 14.2. The topological polar surface area (TPSA) is 66.0 Å². The van der Waals surface area contributed by atoms with E-state index in [1.165, 1.54) is 30.3 Å². The summed E-state index contributed by atoms with van der Waals surface area (Å²) >= 11 is 0. The van der Waals surface area contributed by atoms with Gasteiger partial charge in [0, 0.05) is 26.8 Å². The van der Waals surface area contributed by atoms with Crippen LogP contribution in [0.5, 0.6) is 11.5 Å². The molecule has 0 saturated heterocycles. The van der Waals surface area contributed by atoms with Gasteiger partial charge in [0.25, 0.3) is 0 Å². The minimum atomic E-state index is -2.77. The van der Waals surface area contributed by atoms with Gasteiger partial charge in [-0.3, -0.25) is 0 Å². The second-order valence-electron chi connectivity index (χ2n) is 4.10. The molecule has 0 spiro atoms. The number of nitrogens with two attached hydrogens (primary N) is 1. The molecular formula is C14H13FN4O. The number of anilines is 1. The number of nitrogen functional groups attached to an aromatic ring is 1. The molecule has 0 aliphatic carbocycles. The summed E-state index contributed by atoms with van der Waals surface area (Å²) in [6.07, 6.45) is 0. The van der Waals surface area contributed by atoms with E-state index in [0.717, 1.165) is 4.68 Å². The molecule has 1 heterocycles. The van der Waals surface area contributed by atoms with E-state index in [9.17, 15) is 4.39 Å². The lowest BCUT2D eigenvalue weighted by Gasteiger charge is -2.10. The van der Waals surface area contributed by atoms with Crippen LogP contribution >= 0.6 is 0 Å². The molecule has 1 aromatic heterocycles. The Bertz CT molecular complexity index is 982. The van der Waals surface area contributed by atoms with E-state index in [0.29, 0.717) is 0 Å². The largest absolute Gasteiger partial charge is 0.457 e. The number of hydrogen-bond acceptors (Lipinski definition) is 4. The summed E-state index contributed by atoms with van der Waals surface area (Å²) in [5.41, 5.74) is 4.98. The van der Waals surface area contributed by atoms with Gasteiger partial charge in [-0.15, -0.1) is 5.10 Å². The van der Waals surface area contributed by atoms with Crippen LogP contribution in [-0.4, -0.2) is 15.0 Å². The molecule has 0 aliphatic rings. The van der Waals surface area contributed by atoms with Crippen molar-refractivity contribution in [3.8, 4) is 11.5 Å². The molecule has 0 atom stereocenters. The molecule has 0 amide bonds. The van der Waals surface area contributed by atoms with E-state index in [4.69, 9.17) is 18.7 Å². The molecule has 3 rings (SSSR count). The van der Waals surface area contributed by atoms with Gasteiger partial charge in [-0.2, -0.15) is 0 Å². The summed E-state index contributed by atoms with van der Waals surface area (Å²) in [5, 5.41) is 7.34. The van der Waals surface area contributed by atoms with Crippen molar-refractivity contribution in [1.82, 2.24) is 15.0 Å². The lowest BCUT2D eigenvalue weighted by molar-refractivity contribution is 0.472. The van der Waals surface area contributed by atoms with Crippen LogP contribution in [0.3, 0.4) is 0 Å². The molecule has 0 aliphatic heterocycles. The van der Waals surface area contributed by atoms with Gasteiger partial charge in [-0.25, -0.2) is 9.07 Å². The van der Waals surface area contributed by atoms with Crippen LogP contribution < -0.4 is 10.5 Å². The molecular weight excluding hydrogens is 259 g/mol. The first-order valence-electron chi connectivity index (χ1n) is 8.61. The third kappa shape index (κ3) is 1.95. The number of ether oxygens (including phenoxy) is 1. The van der Waals surface area contributed by atoms with Gasteiger partial charge in [-0.05, 0) is 31.1 Å². The zero-order valence-electron chi connectivity index (χ0n) is 16.1. The van der Waals surface area contributed by atoms with E-state index >= 15 is 0 Å². The number of nitrogens with zero attached hydrogens (tertiary/aromatic N) is 3. The summed E-state index contributed by atoms with van der Waals surface area (Å²) in [6, 6.07) is 6.65. The second kappa shape index (κ2) is 4.48. The number of aromatic nitrogens is 3. The van der Waals surface area contributed by atoms with Crippen molar-refractivity contribution < 1.29 is 17.4 Å². The summed E-state index contributed by atoms with van der Waals surface area (Å²) < 4.78 is 65.1. The first kappa shape index (κ1) is 7.23. The summed E-state index contributed by atoms with van der Waals surface area (Å²) in [6.45, 7) is -5.27. The Morgan fingerprint density at radius 1 is 1.35 bits per heavy atom. The van der Waals surface area contributed by atoms with Crippen molar-refractivity contribution in [3.63, 3.8) is 0 Å². The molecule has 6 heteroatoms. The fraction of sp³-hybridized carbons (Fsp3) is 0.143. The first-order valence-corrected chi connectivity index (χ1v) is 5.61. The van der Waals surface area contributed by atoms with Gasteiger partial charge in [0.1, 0.15) is 17.0 Å². The molecule has 0 radical (unpaired) electrons. The van der Waals surface area contributed by atoms with E-state index in [-0.39, 0.29) is 28.2 Å². The number of fused-ring (bicyclic) bond motifs is 1. The molecule has 102 valence electrons. The van der Waals surface area contributed by atoms with Gasteiger partial charge in [-0.1, -0.05) is 5.21 Å². The number of aryl methyl sites for hydroxylation is 1. The first-order chi connectivity index (χ1) is 12.0. The van der Waals surface area contributed by atoms with Crippen LogP contribution in [0.15, 0.2) is 30.3 Å². The standard InChI is InChI=1S/C14H13FN4O/c1-8-13(6-4-10(16)14(8)15)20-9-3-5-12-11(7-9)17-18-19(12)2/h3-7H,16H2,1-2H3/i1D3,2D3. The normalized spacial score (nSPS) is 16.6. The zero-order chi connectivity index (χ0) is 19.3. The average molecular weight is 278 g/mol. The highest BCUT2D eigenvalue weighted by Crippen LogP contribution is 2.30. The summed E-state index contributed by atoms with van der Waals surface area (Å²) in [4.78, 5) is 0. The minimum absolute atomic E-state index is 0.143. The Hall–Kier alpha value is -2.63. The fourth-order valence-corrected chi connectivity index (χ4v) is 1.75. The molecule has 3 aromatic rings. The SMILES string of the molecule is [2H]C([2H])([2H])c1c(Oc2ccc3c(c2)nnn3C([2H])([2H])[2H])ccc(N)c1F. The van der Waals surface area contributed by atoms with E-state index < -0.39 is 25.2 Å². The van der Waals surface area contributed by atoms with Crippen LogP contribution in [0.1, 0.15) is 13.8 Å². The van der Waals surface area contributed by atoms with Crippen LogP contribution in [0.2, 0.25) is 0 Å². The molecule has 0 unspecified atom stereocenters. The zero-order valence-corrected chi connectivity index (χ0v) is 10.1. The van der Waals surface area contributed by atoms with E-state index in [1.807, 2.05) is 0 Å². The molecule has 5 nitrogen and oxygen atoms in total. The predicted molar refractivity (Wildman–Crippen MR) is 74.1 cm³/mol. The predicted octanol–water partition coefficient (Wildman–Crippen LogP) is 2.79. The van der Waals surface area contributed by atoms with Crippen molar-refractivity contribution in [2.45, 2.75) is 6.85 Å². The lowest BCUT2D eigenvalue weighted by Crippen LogP contribution is -1.96. The quantitative estimate of drug-likeness (QED) is 0.732. The Morgan fingerprint density at radius 2 is 2.25 bits per heavy atom. The van der Waals surface area contributed by atoms with E-state index in [1.54, 1.807) is 0 Å². The monoisotopic (exact) mass is 278 g/mol. The third-order valence-electron chi connectivity index (χ3n) is 2.78. The Morgan fingerprint density at radius 3 is 3.05 bits per heavy atom. The molecule has 2 N–H and O–H groups in total. The van der Waals surface area contributed by atoms with Gasteiger partial charge in [0.05, 0.1) is 11.2 Å². The Kier molecular flexibility index (Phi) is 1.62. The van der Waals surface area contributed by atoms with Crippen LogP contribution in [0.25, 0.3) is 11.0 Å². The van der Waals surface area contributed by atoms with Gasteiger partial charge in [0.15, 0.2) is 5.82 Å². The minimum Gasteiger partial charge on any atom is -0.457 e. The Balaban J connectivity index is 2.04. The lowest BCUT2D eigenvalue weighted by atomic mass is 10.2. The number of benzene rings is 2. The average Bonchev–Trinajstić information content (AvgIpc) is 2.93. The highest BCUT2D eigenvalue weighted by molar-refractivity contribution is 5.76. The number of halogens is 1. The molecule has 0 fully saturated rings. The van der Waals surface area contributed by atoms with Gasteiger partial charge in [0.2, 0.25) is 0 Å². The van der Waals surface area contributed by atoms with Crippen molar-refractivity contribution in [2.75, 3.05) is 5.73 Å². The number of hydrogen-bond donors (Lipinski definition) is 1. The van der Waals surface area contributed by atoms with Gasteiger partial charge >= 0.3 is 0 Å². The molecule has 20 heavy (non-hydrogen) atoms. The third-order valence-corrected chi connectivity index (χ3v) is 2.78. The van der Waals surface area contributed by atoms with Crippen LogP contribution in [-0.2, 0) is 6.98 Å². The fourth-order valence-electron chi connectivity index (χ4n) is 1.75. The van der Waals surface area contributed by atoms with Crippen LogP contribution in [0, 0.1) is 12.7 Å². The van der Waals surface area contributed by atoms with Crippen LogP contribution in [0.4, 0.5) is 10.1 Å². The Labute approximate surface area is 123 Å². The summed E-state index contributed by atoms with van der Waals surface area (Å²) in [5.74, 6) is -1.15. The van der Waals surface area contributed by atoms with Crippen molar-refractivity contribution in [2.24, 2.45) is 6.98 Å². The van der Waals surface area contributed by atoms with E-state index in [2.05, 4.69) is 10.3 Å².